The summed E-state index contributed by atoms with van der Waals surface area (Å²) in [6, 6.07) is 12.9. The van der Waals surface area contributed by atoms with Crippen molar-refractivity contribution < 1.29 is 14.2 Å². The molecule has 0 amide bonds. The summed E-state index contributed by atoms with van der Waals surface area (Å²) < 4.78 is 19.4. The molecule has 7 heteroatoms. The largest absolute Gasteiger partial charge is 0.494 e. The second-order valence-corrected chi connectivity index (χ2v) is 6.33. The molecule has 4 rings (SSSR count). The van der Waals surface area contributed by atoms with Crippen LogP contribution in [0, 0.1) is 0 Å². The smallest absolute Gasteiger partial charge is 0.298 e. The van der Waals surface area contributed by atoms with E-state index in [4.69, 9.17) is 14.2 Å². The maximum absolute atomic E-state index is 13.0. The van der Waals surface area contributed by atoms with Crippen LogP contribution >= 0.6 is 0 Å². The number of ether oxygens (including phenoxy) is 3. The second-order valence-electron chi connectivity index (χ2n) is 6.33. The van der Waals surface area contributed by atoms with Gasteiger partial charge in [-0.15, -0.1) is 0 Å². The van der Waals surface area contributed by atoms with Gasteiger partial charge in [0.05, 0.1) is 26.5 Å². The first-order valence-electron chi connectivity index (χ1n) is 9.20. The van der Waals surface area contributed by atoms with Gasteiger partial charge in [0.2, 0.25) is 5.65 Å². The highest BCUT2D eigenvalue weighted by atomic mass is 16.5. The fourth-order valence-electron chi connectivity index (χ4n) is 3.19. The molecular formula is C22H21N3O4. The van der Waals surface area contributed by atoms with E-state index in [2.05, 4.69) is 4.98 Å². The van der Waals surface area contributed by atoms with E-state index >= 15 is 0 Å². The zero-order valence-electron chi connectivity index (χ0n) is 16.5. The van der Waals surface area contributed by atoms with Crippen LogP contribution in [0.1, 0.15) is 6.92 Å². The molecule has 0 bridgehead atoms. The number of rotatable bonds is 6. The zero-order valence-corrected chi connectivity index (χ0v) is 16.5. The minimum atomic E-state index is -0.205. The molecule has 0 aliphatic rings. The molecule has 7 nitrogen and oxygen atoms in total. The minimum absolute atomic E-state index is 0.205. The highest BCUT2D eigenvalue weighted by Crippen LogP contribution is 2.31. The highest BCUT2D eigenvalue weighted by Gasteiger charge is 2.12. The fourth-order valence-corrected chi connectivity index (χ4v) is 3.19. The molecule has 2 aromatic carbocycles. The molecule has 0 radical (unpaired) electrons. The Bertz CT molecular complexity index is 1210. The van der Waals surface area contributed by atoms with Gasteiger partial charge in [-0.3, -0.25) is 9.36 Å². The van der Waals surface area contributed by atoms with Gasteiger partial charge in [0.25, 0.3) is 5.56 Å². The number of methoxy groups -OCH3 is 2. The van der Waals surface area contributed by atoms with E-state index in [0.29, 0.717) is 29.4 Å². The average Bonchev–Trinajstić information content (AvgIpc) is 3.20. The normalized spacial score (nSPS) is 10.9. The Morgan fingerprint density at radius 3 is 2.41 bits per heavy atom. The van der Waals surface area contributed by atoms with Crippen LogP contribution in [-0.2, 0) is 0 Å². The first kappa shape index (κ1) is 18.6. The van der Waals surface area contributed by atoms with Gasteiger partial charge >= 0.3 is 0 Å². The number of hydrogen-bond donors (Lipinski definition) is 0. The second kappa shape index (κ2) is 7.71. The number of benzene rings is 2. The Morgan fingerprint density at radius 2 is 1.72 bits per heavy atom. The summed E-state index contributed by atoms with van der Waals surface area (Å²) in [6.45, 7) is 2.53. The fraction of sp³-hybridized carbons (Fsp3) is 0.182. The third kappa shape index (κ3) is 3.42. The van der Waals surface area contributed by atoms with Crippen molar-refractivity contribution in [3.05, 3.63) is 71.4 Å². The monoisotopic (exact) mass is 391 g/mol. The molecule has 0 saturated carbocycles. The Hall–Kier alpha value is -3.74. The summed E-state index contributed by atoms with van der Waals surface area (Å²) in [6.07, 6.45) is 5.36. The molecule has 0 N–H and O–H groups in total. The van der Waals surface area contributed by atoms with Crippen molar-refractivity contribution in [3.63, 3.8) is 0 Å². The summed E-state index contributed by atoms with van der Waals surface area (Å²) in [5.74, 6) is 2.01. The first-order valence-corrected chi connectivity index (χ1v) is 9.20. The van der Waals surface area contributed by atoms with Crippen molar-refractivity contribution in [2.75, 3.05) is 20.8 Å². The topological polar surface area (TPSA) is 67.0 Å². The molecule has 2 heterocycles. The Balaban J connectivity index is 1.76. The van der Waals surface area contributed by atoms with E-state index in [-0.39, 0.29) is 5.56 Å². The molecule has 148 valence electrons. The van der Waals surface area contributed by atoms with Gasteiger partial charge in [0, 0.05) is 29.8 Å². The van der Waals surface area contributed by atoms with Gasteiger partial charge in [-0.2, -0.15) is 0 Å². The molecular weight excluding hydrogens is 370 g/mol. The van der Waals surface area contributed by atoms with Crippen molar-refractivity contribution in [2.24, 2.45) is 0 Å². The molecule has 0 aliphatic carbocycles. The van der Waals surface area contributed by atoms with Gasteiger partial charge in [-0.1, -0.05) is 0 Å². The van der Waals surface area contributed by atoms with Crippen LogP contribution in [0.15, 0.2) is 65.8 Å². The van der Waals surface area contributed by atoms with Crippen molar-refractivity contribution in [1.82, 2.24) is 14.0 Å². The van der Waals surface area contributed by atoms with Gasteiger partial charge < -0.3 is 18.6 Å². The minimum Gasteiger partial charge on any atom is -0.494 e. The van der Waals surface area contributed by atoms with Crippen molar-refractivity contribution in [3.8, 4) is 34.2 Å². The third-order valence-electron chi connectivity index (χ3n) is 4.62. The van der Waals surface area contributed by atoms with Crippen LogP contribution in [-0.4, -0.2) is 34.8 Å². The maximum atomic E-state index is 13.0. The predicted molar refractivity (Wildman–Crippen MR) is 110 cm³/mol. The van der Waals surface area contributed by atoms with Gasteiger partial charge in [-0.05, 0) is 49.4 Å². The SMILES string of the molecule is CCOc1ccc(-n2ccn3cc(-c4ccc(OC)c(OC)c4)nc3c2=O)cc1. The summed E-state index contributed by atoms with van der Waals surface area (Å²) in [7, 11) is 3.17. The van der Waals surface area contributed by atoms with Gasteiger partial charge in [0.15, 0.2) is 11.5 Å². The standard InChI is InChI=1S/C22H21N3O4/c1-4-29-17-8-6-16(7-9-17)25-12-11-24-14-18(23-21(24)22(25)26)15-5-10-19(27-2)20(13-15)28-3/h5-14H,4H2,1-3H3. The molecule has 0 atom stereocenters. The maximum Gasteiger partial charge on any atom is 0.298 e. The van der Waals surface area contributed by atoms with E-state index in [0.717, 1.165) is 17.0 Å². The van der Waals surface area contributed by atoms with Gasteiger partial charge in [0.1, 0.15) is 5.75 Å². The summed E-state index contributed by atoms with van der Waals surface area (Å²) in [5.41, 5.74) is 2.39. The van der Waals surface area contributed by atoms with Crippen LogP contribution in [0.4, 0.5) is 0 Å². The van der Waals surface area contributed by atoms with Crippen LogP contribution in [0.25, 0.3) is 22.6 Å². The number of aromatic nitrogens is 3. The molecule has 4 aromatic rings. The number of nitrogens with zero attached hydrogens (tertiary/aromatic N) is 3. The summed E-state index contributed by atoms with van der Waals surface area (Å²) >= 11 is 0. The van der Waals surface area contributed by atoms with Crippen LogP contribution < -0.4 is 19.8 Å². The Kier molecular flexibility index (Phi) is 4.95. The van der Waals surface area contributed by atoms with Crippen molar-refractivity contribution >= 4 is 5.65 Å². The molecule has 29 heavy (non-hydrogen) atoms. The van der Waals surface area contributed by atoms with Crippen molar-refractivity contribution in [1.29, 1.82) is 0 Å². The lowest BCUT2D eigenvalue weighted by atomic mass is 10.1. The van der Waals surface area contributed by atoms with Crippen LogP contribution in [0.2, 0.25) is 0 Å². The van der Waals surface area contributed by atoms with Crippen LogP contribution in [0.5, 0.6) is 17.2 Å². The van der Waals surface area contributed by atoms with E-state index in [1.807, 2.05) is 61.8 Å². The first-order chi connectivity index (χ1) is 14.1. The molecule has 0 spiro atoms. The highest BCUT2D eigenvalue weighted by molar-refractivity contribution is 5.66. The number of fused-ring (bicyclic) bond motifs is 1. The molecule has 0 fully saturated rings. The van der Waals surface area contributed by atoms with E-state index in [9.17, 15) is 4.79 Å². The summed E-state index contributed by atoms with van der Waals surface area (Å²) in [5, 5.41) is 0. The predicted octanol–water partition coefficient (Wildman–Crippen LogP) is 3.57. The molecule has 0 aliphatic heterocycles. The quantitative estimate of drug-likeness (QED) is 0.503. The van der Waals surface area contributed by atoms with E-state index < -0.39 is 0 Å². The Labute approximate surface area is 167 Å². The van der Waals surface area contributed by atoms with Crippen molar-refractivity contribution in [2.45, 2.75) is 6.92 Å². The lowest BCUT2D eigenvalue weighted by Crippen LogP contribution is -2.19. The lowest BCUT2D eigenvalue weighted by Gasteiger charge is -2.08. The van der Waals surface area contributed by atoms with E-state index in [1.165, 1.54) is 0 Å². The lowest BCUT2D eigenvalue weighted by molar-refractivity contribution is 0.340. The number of hydrogen-bond acceptors (Lipinski definition) is 5. The van der Waals surface area contributed by atoms with Gasteiger partial charge in [-0.25, -0.2) is 4.98 Å². The molecule has 2 aromatic heterocycles. The van der Waals surface area contributed by atoms with Crippen LogP contribution in [0.3, 0.4) is 0 Å². The molecule has 0 unspecified atom stereocenters. The zero-order chi connectivity index (χ0) is 20.4. The summed E-state index contributed by atoms with van der Waals surface area (Å²) in [4.78, 5) is 17.6. The Morgan fingerprint density at radius 1 is 0.966 bits per heavy atom. The number of imidazole rings is 1. The third-order valence-corrected chi connectivity index (χ3v) is 4.62. The average molecular weight is 391 g/mol. The molecule has 0 saturated heterocycles. The van der Waals surface area contributed by atoms with E-state index in [1.54, 1.807) is 29.4 Å².